The Morgan fingerprint density at radius 2 is 1.84 bits per heavy atom. The van der Waals surface area contributed by atoms with Crippen LogP contribution in [-0.4, -0.2) is 44.3 Å². The topological polar surface area (TPSA) is 64.6 Å². The van der Waals surface area contributed by atoms with Gasteiger partial charge in [-0.15, -0.1) is 0 Å². The normalized spacial score (nSPS) is 23.1. The molecule has 0 radical (unpaired) electrons. The van der Waals surface area contributed by atoms with Crippen molar-refractivity contribution in [2.24, 2.45) is 0 Å². The summed E-state index contributed by atoms with van der Waals surface area (Å²) in [5.41, 5.74) is 1.79. The fourth-order valence-corrected chi connectivity index (χ4v) is 3.34. The van der Waals surface area contributed by atoms with Crippen LogP contribution >= 0.6 is 0 Å². The lowest BCUT2D eigenvalue weighted by Crippen LogP contribution is -2.61. The number of aliphatic hydroxyl groups excluding tert-OH is 1. The Balaban J connectivity index is 1.89. The van der Waals surface area contributed by atoms with Crippen LogP contribution in [0.25, 0.3) is 0 Å². The van der Waals surface area contributed by atoms with E-state index in [0.717, 1.165) is 17.8 Å². The van der Waals surface area contributed by atoms with Crippen molar-refractivity contribution in [1.29, 1.82) is 0 Å². The minimum atomic E-state index is -0.774. The van der Waals surface area contributed by atoms with Gasteiger partial charge in [0.15, 0.2) is 0 Å². The molecule has 0 bridgehead atoms. The van der Waals surface area contributed by atoms with E-state index in [1.807, 2.05) is 73.6 Å². The van der Waals surface area contributed by atoms with Gasteiger partial charge in [0.05, 0.1) is 11.6 Å². The number of amides is 1. The third-order valence-corrected chi connectivity index (χ3v) is 4.87. The second-order valence-corrected chi connectivity index (χ2v) is 6.70. The van der Waals surface area contributed by atoms with Crippen molar-refractivity contribution in [1.82, 2.24) is 10.6 Å². The number of anilines is 1. The van der Waals surface area contributed by atoms with Gasteiger partial charge in [-0.25, -0.2) is 0 Å². The highest BCUT2D eigenvalue weighted by molar-refractivity contribution is 5.95. The summed E-state index contributed by atoms with van der Waals surface area (Å²) in [5, 5.41) is 17.0. The SMILES string of the molecule is CN(C)c1ccc(C(=O)N[C@@]2(c3ccccc3)CCNC[C@H]2O)cc1. The summed E-state index contributed by atoms with van der Waals surface area (Å²) in [6, 6.07) is 17.2. The van der Waals surface area contributed by atoms with Crippen LogP contribution in [0.2, 0.25) is 0 Å². The number of hydrogen-bond acceptors (Lipinski definition) is 4. The first-order valence-electron chi connectivity index (χ1n) is 8.57. The van der Waals surface area contributed by atoms with Crippen molar-refractivity contribution in [2.75, 3.05) is 32.1 Å². The average Bonchev–Trinajstić information content (AvgIpc) is 2.64. The summed E-state index contributed by atoms with van der Waals surface area (Å²) in [6.45, 7) is 1.19. The molecule has 1 fully saturated rings. The lowest BCUT2D eigenvalue weighted by atomic mass is 9.79. The number of carbonyl (C=O) groups is 1. The van der Waals surface area contributed by atoms with Crippen molar-refractivity contribution >= 4 is 11.6 Å². The second kappa shape index (κ2) is 7.25. The van der Waals surface area contributed by atoms with E-state index in [1.165, 1.54) is 0 Å². The van der Waals surface area contributed by atoms with E-state index in [2.05, 4.69) is 10.6 Å². The van der Waals surface area contributed by atoms with Crippen molar-refractivity contribution in [3.63, 3.8) is 0 Å². The highest BCUT2D eigenvalue weighted by atomic mass is 16.3. The third kappa shape index (κ3) is 3.52. The molecule has 1 heterocycles. The zero-order valence-corrected chi connectivity index (χ0v) is 14.7. The van der Waals surface area contributed by atoms with Crippen LogP contribution in [0, 0.1) is 0 Å². The Bertz CT molecular complexity index is 715. The number of nitrogens with zero attached hydrogens (tertiary/aromatic N) is 1. The number of aliphatic hydroxyl groups is 1. The third-order valence-electron chi connectivity index (χ3n) is 4.87. The Morgan fingerprint density at radius 1 is 1.16 bits per heavy atom. The van der Waals surface area contributed by atoms with Crippen LogP contribution in [0.3, 0.4) is 0 Å². The van der Waals surface area contributed by atoms with E-state index in [-0.39, 0.29) is 5.91 Å². The standard InChI is InChI=1S/C20H25N3O2/c1-23(2)17-10-8-15(9-11-17)19(25)22-20(12-13-21-14-18(20)24)16-6-4-3-5-7-16/h3-11,18,21,24H,12-14H2,1-2H3,(H,22,25)/t18-,20-/m1/s1. The first kappa shape index (κ1) is 17.5. The van der Waals surface area contributed by atoms with Crippen molar-refractivity contribution in [3.05, 3.63) is 65.7 Å². The molecule has 0 saturated carbocycles. The lowest BCUT2D eigenvalue weighted by Gasteiger charge is -2.43. The quantitative estimate of drug-likeness (QED) is 0.794. The number of nitrogens with one attached hydrogen (secondary N) is 2. The molecule has 0 unspecified atom stereocenters. The summed E-state index contributed by atoms with van der Waals surface area (Å²) >= 11 is 0. The molecule has 2 aromatic carbocycles. The fourth-order valence-electron chi connectivity index (χ4n) is 3.34. The molecular weight excluding hydrogens is 314 g/mol. The molecule has 1 aliphatic rings. The molecule has 1 aliphatic heterocycles. The Hall–Kier alpha value is -2.37. The molecule has 2 aromatic rings. The minimum Gasteiger partial charge on any atom is -0.389 e. The zero-order chi connectivity index (χ0) is 17.9. The number of piperidine rings is 1. The van der Waals surface area contributed by atoms with E-state index in [1.54, 1.807) is 0 Å². The van der Waals surface area contributed by atoms with Crippen molar-refractivity contribution < 1.29 is 9.90 Å². The van der Waals surface area contributed by atoms with Gasteiger partial charge in [-0.3, -0.25) is 4.79 Å². The van der Waals surface area contributed by atoms with Gasteiger partial charge < -0.3 is 20.6 Å². The van der Waals surface area contributed by atoms with Gasteiger partial charge in [-0.2, -0.15) is 0 Å². The average molecular weight is 339 g/mol. The highest BCUT2D eigenvalue weighted by Gasteiger charge is 2.42. The minimum absolute atomic E-state index is 0.171. The molecular formula is C20H25N3O2. The van der Waals surface area contributed by atoms with E-state index < -0.39 is 11.6 Å². The van der Waals surface area contributed by atoms with Gasteiger partial charge in [0, 0.05) is 31.9 Å². The number of benzene rings is 2. The van der Waals surface area contributed by atoms with Gasteiger partial charge >= 0.3 is 0 Å². The van der Waals surface area contributed by atoms with Crippen molar-refractivity contribution in [2.45, 2.75) is 18.1 Å². The fraction of sp³-hybridized carbons (Fsp3) is 0.350. The summed E-state index contributed by atoms with van der Waals surface area (Å²) in [5.74, 6) is -0.171. The maximum absolute atomic E-state index is 12.9. The number of rotatable bonds is 4. The molecule has 0 spiro atoms. The first-order valence-corrected chi connectivity index (χ1v) is 8.57. The molecule has 5 heteroatoms. The lowest BCUT2D eigenvalue weighted by molar-refractivity contribution is 0.0290. The highest BCUT2D eigenvalue weighted by Crippen LogP contribution is 2.31. The molecule has 2 atom stereocenters. The molecule has 5 nitrogen and oxygen atoms in total. The largest absolute Gasteiger partial charge is 0.389 e. The van der Waals surface area contributed by atoms with Crippen LogP contribution < -0.4 is 15.5 Å². The van der Waals surface area contributed by atoms with Crippen LogP contribution in [0.4, 0.5) is 5.69 Å². The summed E-state index contributed by atoms with van der Waals surface area (Å²) in [4.78, 5) is 14.9. The molecule has 0 aromatic heterocycles. The molecule has 25 heavy (non-hydrogen) atoms. The Morgan fingerprint density at radius 3 is 2.44 bits per heavy atom. The van der Waals surface area contributed by atoms with Crippen LogP contribution in [0.1, 0.15) is 22.3 Å². The van der Waals surface area contributed by atoms with Crippen LogP contribution in [0.15, 0.2) is 54.6 Å². The van der Waals surface area contributed by atoms with Crippen LogP contribution in [-0.2, 0) is 5.54 Å². The number of carbonyl (C=O) groups excluding carboxylic acids is 1. The molecule has 1 saturated heterocycles. The van der Waals surface area contributed by atoms with Crippen LogP contribution in [0.5, 0.6) is 0 Å². The van der Waals surface area contributed by atoms with E-state index in [0.29, 0.717) is 18.5 Å². The predicted molar refractivity (Wildman–Crippen MR) is 99.8 cm³/mol. The maximum Gasteiger partial charge on any atom is 0.252 e. The summed E-state index contributed by atoms with van der Waals surface area (Å²) < 4.78 is 0. The molecule has 1 amide bonds. The summed E-state index contributed by atoms with van der Waals surface area (Å²) in [6.07, 6.45) is -0.0478. The molecule has 0 aliphatic carbocycles. The Kier molecular flexibility index (Phi) is 5.06. The van der Waals surface area contributed by atoms with Crippen molar-refractivity contribution in [3.8, 4) is 0 Å². The number of hydrogen-bond donors (Lipinski definition) is 3. The monoisotopic (exact) mass is 339 g/mol. The molecule has 3 rings (SSSR count). The predicted octanol–water partition coefficient (Wildman–Crippen LogP) is 1.73. The van der Waals surface area contributed by atoms with Gasteiger partial charge in [-0.05, 0) is 42.8 Å². The van der Waals surface area contributed by atoms with Gasteiger partial charge in [0.1, 0.15) is 0 Å². The van der Waals surface area contributed by atoms with Gasteiger partial charge in [0.25, 0.3) is 5.91 Å². The molecule has 132 valence electrons. The zero-order valence-electron chi connectivity index (χ0n) is 14.7. The smallest absolute Gasteiger partial charge is 0.252 e. The number of β-amino-alcohol motifs (C(OH)–C–C–N with tert-alkyl or cyclic N) is 1. The molecule has 3 N–H and O–H groups in total. The van der Waals surface area contributed by atoms with Gasteiger partial charge in [-0.1, -0.05) is 30.3 Å². The first-order chi connectivity index (χ1) is 12.0. The second-order valence-electron chi connectivity index (χ2n) is 6.70. The summed E-state index contributed by atoms with van der Waals surface area (Å²) in [7, 11) is 3.93. The van der Waals surface area contributed by atoms with E-state index in [4.69, 9.17) is 0 Å². The van der Waals surface area contributed by atoms with Gasteiger partial charge in [0.2, 0.25) is 0 Å². The van der Waals surface area contributed by atoms with E-state index in [9.17, 15) is 9.90 Å². The van der Waals surface area contributed by atoms with E-state index >= 15 is 0 Å². The Labute approximate surface area is 148 Å². The maximum atomic E-state index is 12.9.